The summed E-state index contributed by atoms with van der Waals surface area (Å²) in [5.74, 6) is 0.988. The number of benzene rings is 2. The number of hydrogen-bond donors (Lipinski definition) is 1. The van der Waals surface area contributed by atoms with Crippen LogP contribution < -0.4 is 10.1 Å². The van der Waals surface area contributed by atoms with Crippen LogP contribution in [0.5, 0.6) is 5.75 Å². The smallest absolute Gasteiger partial charge is 0.253 e. The van der Waals surface area contributed by atoms with Gasteiger partial charge in [-0.15, -0.1) is 0 Å². The van der Waals surface area contributed by atoms with Crippen LogP contribution in [0, 0.1) is 6.92 Å². The molecule has 1 saturated heterocycles. The number of amides is 1. The van der Waals surface area contributed by atoms with Gasteiger partial charge >= 0.3 is 0 Å². The monoisotopic (exact) mass is 324 g/mol. The summed E-state index contributed by atoms with van der Waals surface area (Å²) in [4.78, 5) is 14.5. The van der Waals surface area contributed by atoms with E-state index in [4.69, 9.17) is 4.74 Å². The summed E-state index contributed by atoms with van der Waals surface area (Å²) in [6.45, 7) is 3.60. The van der Waals surface area contributed by atoms with Crippen LogP contribution in [0.4, 0.5) is 5.69 Å². The second kappa shape index (κ2) is 7.39. The van der Waals surface area contributed by atoms with E-state index in [1.807, 2.05) is 60.4 Å². The second-order valence-corrected chi connectivity index (χ2v) is 6.31. The number of nitrogens with zero attached hydrogens (tertiary/aromatic N) is 1. The normalized spacial score (nSPS) is 15.2. The van der Waals surface area contributed by atoms with Crippen molar-refractivity contribution in [2.24, 2.45) is 0 Å². The number of anilines is 1. The van der Waals surface area contributed by atoms with Crippen LogP contribution in [0.15, 0.2) is 48.5 Å². The summed E-state index contributed by atoms with van der Waals surface area (Å²) in [6, 6.07) is 16.2. The van der Waals surface area contributed by atoms with Crippen molar-refractivity contribution >= 4 is 11.6 Å². The zero-order valence-corrected chi connectivity index (χ0v) is 14.3. The summed E-state index contributed by atoms with van der Waals surface area (Å²) in [5.41, 5.74) is 3.02. The number of carbonyl (C=O) groups excluding carboxylic acids is 1. The first kappa shape index (κ1) is 16.4. The molecule has 3 rings (SSSR count). The van der Waals surface area contributed by atoms with Gasteiger partial charge in [0.25, 0.3) is 5.91 Å². The van der Waals surface area contributed by atoms with Gasteiger partial charge in [0.15, 0.2) is 0 Å². The molecule has 0 atom stereocenters. The Morgan fingerprint density at radius 3 is 2.50 bits per heavy atom. The second-order valence-electron chi connectivity index (χ2n) is 6.31. The third-order valence-corrected chi connectivity index (χ3v) is 4.52. The number of carbonyl (C=O) groups is 1. The summed E-state index contributed by atoms with van der Waals surface area (Å²) in [6.07, 6.45) is 1.91. The molecule has 0 spiro atoms. The van der Waals surface area contributed by atoms with Gasteiger partial charge in [-0.25, -0.2) is 0 Å². The number of piperidine rings is 1. The Bertz CT molecular complexity index is 689. The highest BCUT2D eigenvalue weighted by Gasteiger charge is 2.23. The van der Waals surface area contributed by atoms with Crippen LogP contribution in [0.2, 0.25) is 0 Å². The highest BCUT2D eigenvalue weighted by atomic mass is 16.5. The predicted octanol–water partition coefficient (Wildman–Crippen LogP) is 3.72. The maximum atomic E-state index is 12.5. The minimum absolute atomic E-state index is 0.134. The maximum absolute atomic E-state index is 12.5. The first-order valence-electron chi connectivity index (χ1n) is 8.42. The van der Waals surface area contributed by atoms with Gasteiger partial charge in [-0.2, -0.15) is 0 Å². The molecular formula is C20H24N2O2. The van der Waals surface area contributed by atoms with Gasteiger partial charge in [-0.05, 0) is 44.0 Å². The molecule has 1 aliphatic rings. The summed E-state index contributed by atoms with van der Waals surface area (Å²) in [7, 11) is 1.67. The molecule has 1 heterocycles. The Kier molecular flexibility index (Phi) is 5.04. The average Bonchev–Trinajstić information content (AvgIpc) is 2.62. The Morgan fingerprint density at radius 2 is 1.83 bits per heavy atom. The number of methoxy groups -OCH3 is 1. The minimum atomic E-state index is 0.134. The lowest BCUT2D eigenvalue weighted by atomic mass is 10.0. The Balaban J connectivity index is 1.55. The Hall–Kier alpha value is -2.49. The maximum Gasteiger partial charge on any atom is 0.253 e. The molecular weight excluding hydrogens is 300 g/mol. The van der Waals surface area contributed by atoms with Gasteiger partial charge in [0.1, 0.15) is 5.75 Å². The number of aryl methyl sites for hydroxylation is 1. The lowest BCUT2D eigenvalue weighted by molar-refractivity contribution is 0.0718. The summed E-state index contributed by atoms with van der Waals surface area (Å²) in [5, 5.41) is 3.54. The molecule has 0 aliphatic carbocycles. The molecule has 0 bridgehead atoms. The molecule has 2 aromatic rings. The fourth-order valence-corrected chi connectivity index (χ4v) is 3.05. The van der Waals surface area contributed by atoms with Crippen LogP contribution >= 0.6 is 0 Å². The van der Waals surface area contributed by atoms with E-state index in [9.17, 15) is 4.79 Å². The van der Waals surface area contributed by atoms with E-state index in [2.05, 4.69) is 5.32 Å². The minimum Gasteiger partial charge on any atom is -0.497 e. The fraction of sp³-hybridized carbons (Fsp3) is 0.350. The topological polar surface area (TPSA) is 41.6 Å². The summed E-state index contributed by atoms with van der Waals surface area (Å²) >= 11 is 0. The zero-order valence-electron chi connectivity index (χ0n) is 14.3. The first-order valence-corrected chi connectivity index (χ1v) is 8.42. The highest BCUT2D eigenvalue weighted by molar-refractivity contribution is 5.94. The van der Waals surface area contributed by atoms with Crippen molar-refractivity contribution in [2.75, 3.05) is 25.5 Å². The van der Waals surface area contributed by atoms with Gasteiger partial charge in [-0.1, -0.05) is 23.8 Å². The quantitative estimate of drug-likeness (QED) is 0.932. The largest absolute Gasteiger partial charge is 0.497 e. The number of hydrogen-bond acceptors (Lipinski definition) is 3. The van der Waals surface area contributed by atoms with Gasteiger partial charge in [0.05, 0.1) is 7.11 Å². The van der Waals surface area contributed by atoms with Crippen molar-refractivity contribution in [1.82, 2.24) is 4.90 Å². The van der Waals surface area contributed by atoms with Crippen LogP contribution in [-0.2, 0) is 0 Å². The predicted molar refractivity (Wildman–Crippen MR) is 96.7 cm³/mol. The van der Waals surface area contributed by atoms with Gasteiger partial charge < -0.3 is 15.0 Å². The van der Waals surface area contributed by atoms with Crippen LogP contribution in [0.25, 0.3) is 0 Å². The van der Waals surface area contributed by atoms with Crippen molar-refractivity contribution in [3.8, 4) is 5.75 Å². The van der Waals surface area contributed by atoms with E-state index in [1.54, 1.807) is 7.11 Å². The van der Waals surface area contributed by atoms with Crippen LogP contribution in [-0.4, -0.2) is 37.0 Å². The van der Waals surface area contributed by atoms with E-state index in [0.717, 1.165) is 42.9 Å². The third-order valence-electron chi connectivity index (χ3n) is 4.52. The first-order chi connectivity index (χ1) is 11.7. The van der Waals surface area contributed by atoms with E-state index in [-0.39, 0.29) is 5.91 Å². The molecule has 0 saturated carbocycles. The lowest BCUT2D eigenvalue weighted by Crippen LogP contribution is -2.42. The van der Waals surface area contributed by atoms with E-state index < -0.39 is 0 Å². The van der Waals surface area contributed by atoms with Gasteiger partial charge in [0, 0.05) is 36.4 Å². The third kappa shape index (κ3) is 3.88. The lowest BCUT2D eigenvalue weighted by Gasteiger charge is -2.33. The molecule has 0 unspecified atom stereocenters. The fourth-order valence-electron chi connectivity index (χ4n) is 3.05. The standard InChI is InChI=1S/C20H24N2O2/c1-15-6-8-16(9-7-15)20(23)22-12-10-17(11-13-22)21-18-4-3-5-19(14-18)24-2/h3-9,14,17,21H,10-13H2,1-2H3. The molecule has 1 aliphatic heterocycles. The van der Waals surface area contributed by atoms with Crippen molar-refractivity contribution < 1.29 is 9.53 Å². The number of nitrogens with one attached hydrogen (secondary N) is 1. The Labute approximate surface area is 143 Å². The van der Waals surface area contributed by atoms with Crippen molar-refractivity contribution in [3.63, 3.8) is 0 Å². The van der Waals surface area contributed by atoms with E-state index in [0.29, 0.717) is 6.04 Å². The van der Waals surface area contributed by atoms with Gasteiger partial charge in [0.2, 0.25) is 0 Å². The number of ether oxygens (including phenoxy) is 1. The highest BCUT2D eigenvalue weighted by Crippen LogP contribution is 2.21. The van der Waals surface area contributed by atoms with Crippen molar-refractivity contribution in [1.29, 1.82) is 0 Å². The molecule has 1 N–H and O–H groups in total. The van der Waals surface area contributed by atoms with Crippen molar-refractivity contribution in [3.05, 3.63) is 59.7 Å². The van der Waals surface area contributed by atoms with Crippen LogP contribution in [0.1, 0.15) is 28.8 Å². The molecule has 24 heavy (non-hydrogen) atoms. The molecule has 0 radical (unpaired) electrons. The molecule has 1 amide bonds. The molecule has 0 aromatic heterocycles. The molecule has 126 valence electrons. The SMILES string of the molecule is COc1cccc(NC2CCN(C(=O)c3ccc(C)cc3)CC2)c1. The average molecular weight is 324 g/mol. The molecule has 2 aromatic carbocycles. The molecule has 4 nitrogen and oxygen atoms in total. The van der Waals surface area contributed by atoms with Crippen molar-refractivity contribution in [2.45, 2.75) is 25.8 Å². The number of rotatable bonds is 4. The molecule has 1 fully saturated rings. The zero-order chi connectivity index (χ0) is 16.9. The van der Waals surface area contributed by atoms with Gasteiger partial charge in [-0.3, -0.25) is 4.79 Å². The molecule has 4 heteroatoms. The van der Waals surface area contributed by atoms with E-state index >= 15 is 0 Å². The van der Waals surface area contributed by atoms with Crippen LogP contribution in [0.3, 0.4) is 0 Å². The summed E-state index contributed by atoms with van der Waals surface area (Å²) < 4.78 is 5.26. The van der Waals surface area contributed by atoms with E-state index in [1.165, 1.54) is 5.56 Å². The Morgan fingerprint density at radius 1 is 1.12 bits per heavy atom. The number of likely N-dealkylation sites (tertiary alicyclic amines) is 1.